The maximum Gasteiger partial charge on any atom is 0.255 e. The standard InChI is InChI=1S/C23H25N5O/c1-16(2)14-28-21-9-8-19(25-23(29)18-7-4-6-17(3)12-18)13-20(21)26-22(28)15-27-11-5-10-24-27/h4-13,16H,14-15H2,1-3H3,(H,25,29). The van der Waals surface area contributed by atoms with Crippen molar-refractivity contribution in [2.75, 3.05) is 5.32 Å². The SMILES string of the molecule is Cc1cccc(C(=O)Nc2ccc3c(c2)nc(Cn2cccn2)n3CC(C)C)c1. The molecule has 0 aliphatic carbocycles. The number of aromatic nitrogens is 4. The lowest BCUT2D eigenvalue weighted by Gasteiger charge is -2.12. The number of hydrogen-bond donors (Lipinski definition) is 1. The molecule has 29 heavy (non-hydrogen) atoms. The summed E-state index contributed by atoms with van der Waals surface area (Å²) in [4.78, 5) is 17.4. The van der Waals surface area contributed by atoms with Gasteiger partial charge in [-0.2, -0.15) is 5.10 Å². The van der Waals surface area contributed by atoms with E-state index in [2.05, 4.69) is 28.8 Å². The predicted molar refractivity (Wildman–Crippen MR) is 115 cm³/mol. The van der Waals surface area contributed by atoms with Gasteiger partial charge in [0.2, 0.25) is 0 Å². The summed E-state index contributed by atoms with van der Waals surface area (Å²) in [5.41, 5.74) is 4.38. The lowest BCUT2D eigenvalue weighted by atomic mass is 10.1. The van der Waals surface area contributed by atoms with Crippen molar-refractivity contribution in [2.45, 2.75) is 33.9 Å². The molecule has 6 heteroatoms. The zero-order valence-corrected chi connectivity index (χ0v) is 17.0. The summed E-state index contributed by atoms with van der Waals surface area (Å²) in [6, 6.07) is 15.4. The van der Waals surface area contributed by atoms with E-state index in [-0.39, 0.29) is 5.91 Å². The minimum absolute atomic E-state index is 0.119. The minimum atomic E-state index is -0.119. The number of anilines is 1. The van der Waals surface area contributed by atoms with E-state index in [1.165, 1.54) is 0 Å². The number of fused-ring (bicyclic) bond motifs is 1. The topological polar surface area (TPSA) is 64.7 Å². The van der Waals surface area contributed by atoms with Crippen LogP contribution in [0.2, 0.25) is 0 Å². The third-order valence-corrected chi connectivity index (χ3v) is 4.78. The fraction of sp³-hybridized carbons (Fsp3) is 0.261. The quantitative estimate of drug-likeness (QED) is 0.530. The minimum Gasteiger partial charge on any atom is -0.326 e. The number of carbonyl (C=O) groups is 1. The number of aryl methyl sites for hydroxylation is 1. The van der Waals surface area contributed by atoms with Crippen LogP contribution in [-0.2, 0) is 13.1 Å². The summed E-state index contributed by atoms with van der Waals surface area (Å²) >= 11 is 0. The van der Waals surface area contributed by atoms with Gasteiger partial charge in [0, 0.05) is 30.2 Å². The molecule has 0 aliphatic rings. The smallest absolute Gasteiger partial charge is 0.255 e. The van der Waals surface area contributed by atoms with E-state index in [1.807, 2.05) is 66.3 Å². The zero-order chi connectivity index (χ0) is 20.4. The van der Waals surface area contributed by atoms with Gasteiger partial charge in [-0.15, -0.1) is 0 Å². The first-order chi connectivity index (χ1) is 14.0. The van der Waals surface area contributed by atoms with E-state index in [9.17, 15) is 4.79 Å². The second kappa shape index (κ2) is 7.91. The summed E-state index contributed by atoms with van der Waals surface area (Å²) in [5, 5.41) is 7.29. The molecule has 0 atom stereocenters. The summed E-state index contributed by atoms with van der Waals surface area (Å²) in [7, 11) is 0. The largest absolute Gasteiger partial charge is 0.326 e. The van der Waals surface area contributed by atoms with Crippen LogP contribution in [-0.4, -0.2) is 25.2 Å². The van der Waals surface area contributed by atoms with Crippen molar-refractivity contribution in [3.63, 3.8) is 0 Å². The van der Waals surface area contributed by atoms with Gasteiger partial charge in [-0.25, -0.2) is 4.98 Å². The van der Waals surface area contributed by atoms with E-state index in [0.717, 1.165) is 34.7 Å². The second-order valence-electron chi connectivity index (χ2n) is 7.76. The van der Waals surface area contributed by atoms with Crippen molar-refractivity contribution >= 4 is 22.6 Å². The zero-order valence-electron chi connectivity index (χ0n) is 17.0. The van der Waals surface area contributed by atoms with Gasteiger partial charge in [-0.3, -0.25) is 9.48 Å². The molecule has 2 aromatic carbocycles. The molecular weight excluding hydrogens is 362 g/mol. The molecule has 1 N–H and O–H groups in total. The molecule has 4 aromatic rings. The number of nitrogens with one attached hydrogen (secondary N) is 1. The van der Waals surface area contributed by atoms with Gasteiger partial charge < -0.3 is 9.88 Å². The van der Waals surface area contributed by atoms with Crippen LogP contribution in [0.1, 0.15) is 35.6 Å². The average Bonchev–Trinajstić information content (AvgIpc) is 3.30. The normalized spacial score (nSPS) is 11.3. The summed E-state index contributed by atoms with van der Waals surface area (Å²) < 4.78 is 4.12. The Kier molecular flexibility index (Phi) is 5.16. The Balaban J connectivity index is 1.65. The van der Waals surface area contributed by atoms with Gasteiger partial charge in [0.25, 0.3) is 5.91 Å². The molecule has 6 nitrogen and oxygen atoms in total. The number of hydrogen-bond acceptors (Lipinski definition) is 3. The first-order valence-electron chi connectivity index (χ1n) is 9.84. The van der Waals surface area contributed by atoms with Crippen LogP contribution >= 0.6 is 0 Å². The third-order valence-electron chi connectivity index (χ3n) is 4.78. The van der Waals surface area contributed by atoms with E-state index in [1.54, 1.807) is 6.20 Å². The molecule has 0 aliphatic heterocycles. The first kappa shape index (κ1) is 18.9. The molecule has 0 unspecified atom stereocenters. The van der Waals surface area contributed by atoms with Crippen LogP contribution in [0.3, 0.4) is 0 Å². The van der Waals surface area contributed by atoms with E-state index in [4.69, 9.17) is 4.98 Å². The molecule has 0 saturated heterocycles. The highest BCUT2D eigenvalue weighted by atomic mass is 16.1. The number of nitrogens with zero attached hydrogens (tertiary/aromatic N) is 4. The van der Waals surface area contributed by atoms with Gasteiger partial charge in [0.15, 0.2) is 0 Å². The van der Waals surface area contributed by atoms with Crippen molar-refractivity contribution in [3.05, 3.63) is 77.9 Å². The highest BCUT2D eigenvalue weighted by molar-refractivity contribution is 6.05. The fourth-order valence-corrected chi connectivity index (χ4v) is 3.48. The van der Waals surface area contributed by atoms with Gasteiger partial charge in [0.1, 0.15) is 5.82 Å². The van der Waals surface area contributed by atoms with Gasteiger partial charge in [-0.1, -0.05) is 31.5 Å². The highest BCUT2D eigenvalue weighted by Gasteiger charge is 2.14. The van der Waals surface area contributed by atoms with Crippen molar-refractivity contribution in [2.24, 2.45) is 5.92 Å². The fourth-order valence-electron chi connectivity index (χ4n) is 3.48. The van der Waals surface area contributed by atoms with Crippen molar-refractivity contribution in [1.29, 1.82) is 0 Å². The molecule has 2 heterocycles. The number of carbonyl (C=O) groups excluding carboxylic acids is 1. The van der Waals surface area contributed by atoms with E-state index in [0.29, 0.717) is 18.0 Å². The third kappa shape index (κ3) is 4.21. The summed E-state index contributed by atoms with van der Waals surface area (Å²) in [5.74, 6) is 1.33. The lowest BCUT2D eigenvalue weighted by Crippen LogP contribution is -2.12. The van der Waals surface area contributed by atoms with Crippen LogP contribution < -0.4 is 5.32 Å². The van der Waals surface area contributed by atoms with E-state index < -0.39 is 0 Å². The highest BCUT2D eigenvalue weighted by Crippen LogP contribution is 2.23. The Morgan fingerprint density at radius 1 is 1.14 bits per heavy atom. The maximum atomic E-state index is 12.6. The predicted octanol–water partition coefficient (Wildman–Crippen LogP) is 4.50. The van der Waals surface area contributed by atoms with Crippen LogP contribution in [0, 0.1) is 12.8 Å². The molecule has 0 fully saturated rings. The molecular formula is C23H25N5O. The number of imidazole rings is 1. The van der Waals surface area contributed by atoms with E-state index >= 15 is 0 Å². The van der Waals surface area contributed by atoms with Crippen LogP contribution in [0.25, 0.3) is 11.0 Å². The van der Waals surface area contributed by atoms with Crippen molar-refractivity contribution in [1.82, 2.24) is 19.3 Å². The van der Waals surface area contributed by atoms with Gasteiger partial charge >= 0.3 is 0 Å². The van der Waals surface area contributed by atoms with Gasteiger partial charge in [0.05, 0.1) is 17.6 Å². The van der Waals surface area contributed by atoms with Crippen molar-refractivity contribution < 1.29 is 4.79 Å². The maximum absolute atomic E-state index is 12.6. The second-order valence-corrected chi connectivity index (χ2v) is 7.76. The Hall–Kier alpha value is -3.41. The summed E-state index contributed by atoms with van der Waals surface area (Å²) in [6.45, 7) is 7.85. The van der Waals surface area contributed by atoms with Gasteiger partial charge in [-0.05, 0) is 49.2 Å². The molecule has 1 amide bonds. The molecule has 2 aromatic heterocycles. The average molecular weight is 387 g/mol. The molecule has 0 bridgehead atoms. The van der Waals surface area contributed by atoms with Crippen LogP contribution in [0.15, 0.2) is 60.9 Å². The molecule has 0 saturated carbocycles. The number of rotatable bonds is 6. The van der Waals surface area contributed by atoms with Crippen molar-refractivity contribution in [3.8, 4) is 0 Å². The molecule has 0 spiro atoms. The van der Waals surface area contributed by atoms with Crippen LogP contribution in [0.4, 0.5) is 5.69 Å². The monoisotopic (exact) mass is 387 g/mol. The lowest BCUT2D eigenvalue weighted by molar-refractivity contribution is 0.102. The Morgan fingerprint density at radius 3 is 2.72 bits per heavy atom. The Labute approximate surface area is 170 Å². The molecule has 4 rings (SSSR count). The molecule has 148 valence electrons. The molecule has 0 radical (unpaired) electrons. The number of amides is 1. The number of benzene rings is 2. The Morgan fingerprint density at radius 2 is 2.00 bits per heavy atom. The first-order valence-corrected chi connectivity index (χ1v) is 9.84. The Bertz CT molecular complexity index is 1140. The van der Waals surface area contributed by atoms with Crippen LogP contribution in [0.5, 0.6) is 0 Å². The summed E-state index contributed by atoms with van der Waals surface area (Å²) in [6.07, 6.45) is 3.71.